The molecule has 2 aliphatic heterocycles. The van der Waals surface area contributed by atoms with Crippen molar-refractivity contribution in [1.82, 2.24) is 24.7 Å². The average molecular weight is 561 g/mol. The highest BCUT2D eigenvalue weighted by Crippen LogP contribution is 2.29. The van der Waals surface area contributed by atoms with Gasteiger partial charge in [-0.1, -0.05) is 50.2 Å². The fourth-order valence-corrected chi connectivity index (χ4v) is 5.49. The Kier molecular flexibility index (Phi) is 9.21. The highest BCUT2D eigenvalue weighted by Gasteiger charge is 2.31. The van der Waals surface area contributed by atoms with Crippen molar-refractivity contribution < 1.29 is 14.3 Å². The third-order valence-electron chi connectivity index (χ3n) is 7.51. The number of carbonyl (C=O) groups is 2. The van der Waals surface area contributed by atoms with Crippen molar-refractivity contribution in [2.24, 2.45) is 5.92 Å². The van der Waals surface area contributed by atoms with E-state index in [1.54, 1.807) is 14.0 Å². The van der Waals surface area contributed by atoms with E-state index in [2.05, 4.69) is 15.5 Å². The van der Waals surface area contributed by atoms with E-state index in [4.69, 9.17) is 4.74 Å². The lowest BCUT2D eigenvalue weighted by molar-refractivity contribution is -0.121. The first kappa shape index (κ1) is 28.6. The number of hydrogen-bond donors (Lipinski definition) is 2. The fraction of sp³-hybridized carbons (Fsp3) is 0.452. The predicted molar refractivity (Wildman–Crippen MR) is 160 cm³/mol. The van der Waals surface area contributed by atoms with E-state index in [9.17, 15) is 14.4 Å². The number of nitrogens with zero attached hydrogens (tertiary/aromatic N) is 4. The van der Waals surface area contributed by atoms with Crippen LogP contribution in [0.2, 0.25) is 0 Å². The second-order valence-corrected chi connectivity index (χ2v) is 10.9. The molecule has 3 aromatic rings. The second-order valence-electron chi connectivity index (χ2n) is 10.9. The van der Waals surface area contributed by atoms with Crippen LogP contribution in [0, 0.1) is 5.92 Å². The van der Waals surface area contributed by atoms with Gasteiger partial charge in [0.15, 0.2) is 0 Å². The Morgan fingerprint density at radius 1 is 0.951 bits per heavy atom. The molecule has 10 heteroatoms. The Morgan fingerprint density at radius 3 is 2.37 bits per heavy atom. The first-order valence-electron chi connectivity index (χ1n) is 14.5. The largest absolute Gasteiger partial charge is 0.378 e. The van der Waals surface area contributed by atoms with Crippen molar-refractivity contribution >= 4 is 17.5 Å². The monoisotopic (exact) mass is 560 g/mol. The molecule has 10 nitrogen and oxygen atoms in total. The minimum Gasteiger partial charge on any atom is -0.378 e. The van der Waals surface area contributed by atoms with Gasteiger partial charge in [-0.05, 0) is 24.1 Å². The third-order valence-corrected chi connectivity index (χ3v) is 7.51. The summed E-state index contributed by atoms with van der Waals surface area (Å²) in [6.45, 7) is 9.79. The molecule has 2 aromatic carbocycles. The summed E-state index contributed by atoms with van der Waals surface area (Å²) in [6, 6.07) is 17.5. The SMILES string of the molecule is CC(C)CC(=O)NCCn1c(C(=O)N2CCNCC2)c(-c2ccccc2)n(-c2cccc(N3CCOCC3)c2)c1=O. The first-order chi connectivity index (χ1) is 19.9. The van der Waals surface area contributed by atoms with Crippen LogP contribution in [0.25, 0.3) is 16.9 Å². The van der Waals surface area contributed by atoms with Gasteiger partial charge < -0.3 is 25.2 Å². The molecule has 0 spiro atoms. The van der Waals surface area contributed by atoms with Crippen LogP contribution >= 0.6 is 0 Å². The van der Waals surface area contributed by atoms with Crippen LogP contribution in [0.1, 0.15) is 30.8 Å². The number of imidazole rings is 1. The Bertz CT molecular complexity index is 1400. The second kappa shape index (κ2) is 13.2. The van der Waals surface area contributed by atoms with Crippen molar-refractivity contribution in [3.8, 4) is 16.9 Å². The van der Waals surface area contributed by atoms with Gasteiger partial charge >= 0.3 is 5.69 Å². The van der Waals surface area contributed by atoms with Crippen molar-refractivity contribution in [3.63, 3.8) is 0 Å². The molecule has 2 aliphatic rings. The van der Waals surface area contributed by atoms with E-state index >= 15 is 0 Å². The number of amides is 2. The number of nitrogens with one attached hydrogen (secondary N) is 2. The van der Waals surface area contributed by atoms with Crippen molar-refractivity contribution in [3.05, 3.63) is 70.8 Å². The number of piperazine rings is 1. The lowest BCUT2D eigenvalue weighted by Crippen LogP contribution is -2.47. The number of anilines is 1. The van der Waals surface area contributed by atoms with Crippen molar-refractivity contribution in [1.29, 1.82) is 0 Å². The molecular weight excluding hydrogens is 520 g/mol. The number of rotatable bonds is 9. The van der Waals surface area contributed by atoms with Crippen LogP contribution in [-0.2, 0) is 16.1 Å². The van der Waals surface area contributed by atoms with Gasteiger partial charge in [0, 0.05) is 70.0 Å². The minimum absolute atomic E-state index is 0.0658. The Morgan fingerprint density at radius 2 is 1.66 bits per heavy atom. The Hall–Kier alpha value is -3.89. The molecule has 218 valence electrons. The Labute approximate surface area is 240 Å². The van der Waals surface area contributed by atoms with Gasteiger partial charge in [0.1, 0.15) is 5.69 Å². The van der Waals surface area contributed by atoms with Crippen LogP contribution in [0.15, 0.2) is 59.4 Å². The van der Waals surface area contributed by atoms with Crippen LogP contribution in [0.4, 0.5) is 5.69 Å². The summed E-state index contributed by atoms with van der Waals surface area (Å²) in [5.74, 6) is -0.0184. The number of aromatic nitrogens is 2. The zero-order chi connectivity index (χ0) is 28.8. The van der Waals surface area contributed by atoms with Gasteiger partial charge in [-0.2, -0.15) is 0 Å². The van der Waals surface area contributed by atoms with Gasteiger partial charge in [0.05, 0.1) is 24.6 Å². The van der Waals surface area contributed by atoms with Crippen LogP contribution in [-0.4, -0.2) is 84.9 Å². The standard InChI is InChI=1S/C31H40N6O4/c1-23(2)21-27(38)33-13-16-36-29(30(39)35-14-11-32-12-15-35)28(24-7-4-3-5-8-24)37(31(36)40)26-10-6-9-25(22-26)34-17-19-41-20-18-34/h3-10,22-23,32H,11-21H2,1-2H3,(H,33,38). The van der Waals surface area contributed by atoms with Crippen molar-refractivity contribution in [2.75, 3.05) is 63.9 Å². The van der Waals surface area contributed by atoms with Crippen molar-refractivity contribution in [2.45, 2.75) is 26.8 Å². The molecule has 0 unspecified atom stereocenters. The van der Waals surface area contributed by atoms with Gasteiger partial charge in [-0.25, -0.2) is 4.79 Å². The molecule has 41 heavy (non-hydrogen) atoms. The van der Waals surface area contributed by atoms with E-state index in [1.165, 1.54) is 0 Å². The molecule has 2 fully saturated rings. The molecule has 2 amide bonds. The minimum atomic E-state index is -0.306. The normalized spacial score (nSPS) is 15.8. The maximum Gasteiger partial charge on any atom is 0.333 e. The van der Waals surface area contributed by atoms with Crippen LogP contribution in [0.5, 0.6) is 0 Å². The lowest BCUT2D eigenvalue weighted by atomic mass is 10.1. The maximum absolute atomic E-state index is 14.3. The third kappa shape index (κ3) is 6.55. The lowest BCUT2D eigenvalue weighted by Gasteiger charge is -2.29. The predicted octanol–water partition coefficient (Wildman–Crippen LogP) is 2.35. The zero-order valence-electron chi connectivity index (χ0n) is 24.0. The van der Waals surface area contributed by atoms with E-state index in [1.807, 2.05) is 68.4 Å². The van der Waals surface area contributed by atoms with E-state index < -0.39 is 0 Å². The molecule has 2 N–H and O–H groups in total. The number of benzene rings is 2. The topological polar surface area (TPSA) is 101 Å². The first-order valence-corrected chi connectivity index (χ1v) is 14.5. The summed E-state index contributed by atoms with van der Waals surface area (Å²) < 4.78 is 8.74. The fourth-order valence-electron chi connectivity index (χ4n) is 5.49. The summed E-state index contributed by atoms with van der Waals surface area (Å²) in [5.41, 5.74) is 3.07. The smallest absolute Gasteiger partial charge is 0.333 e. The van der Waals surface area contributed by atoms with Gasteiger partial charge in [-0.15, -0.1) is 0 Å². The molecular formula is C31H40N6O4. The van der Waals surface area contributed by atoms with Gasteiger partial charge in [0.25, 0.3) is 5.91 Å². The highest BCUT2D eigenvalue weighted by molar-refractivity contribution is 5.99. The highest BCUT2D eigenvalue weighted by atomic mass is 16.5. The summed E-state index contributed by atoms with van der Waals surface area (Å²) >= 11 is 0. The molecule has 1 aromatic heterocycles. The number of carbonyl (C=O) groups excluding carboxylic acids is 2. The molecule has 0 saturated carbocycles. The van der Waals surface area contributed by atoms with Gasteiger partial charge in [-0.3, -0.25) is 18.7 Å². The number of morpholine rings is 1. The molecule has 0 atom stereocenters. The molecule has 5 rings (SSSR count). The maximum atomic E-state index is 14.3. The summed E-state index contributed by atoms with van der Waals surface area (Å²) in [6.07, 6.45) is 0.409. The Balaban J connectivity index is 1.63. The summed E-state index contributed by atoms with van der Waals surface area (Å²) in [5, 5.41) is 6.23. The van der Waals surface area contributed by atoms with E-state index in [-0.39, 0.29) is 36.5 Å². The van der Waals surface area contributed by atoms with Crippen LogP contribution in [0.3, 0.4) is 0 Å². The number of ether oxygens (including phenoxy) is 1. The van der Waals surface area contributed by atoms with Crippen LogP contribution < -0.4 is 21.2 Å². The zero-order valence-corrected chi connectivity index (χ0v) is 24.0. The molecule has 0 aliphatic carbocycles. The molecule has 0 radical (unpaired) electrons. The van der Waals surface area contributed by atoms with Gasteiger partial charge in [0.2, 0.25) is 5.91 Å². The molecule has 2 saturated heterocycles. The van der Waals surface area contributed by atoms with E-state index in [0.29, 0.717) is 62.9 Å². The quantitative estimate of drug-likeness (QED) is 0.417. The molecule has 0 bridgehead atoms. The summed E-state index contributed by atoms with van der Waals surface area (Å²) in [7, 11) is 0. The average Bonchev–Trinajstić information content (AvgIpc) is 3.29. The number of hydrogen-bond acceptors (Lipinski definition) is 6. The van der Waals surface area contributed by atoms with E-state index in [0.717, 1.165) is 24.3 Å². The summed E-state index contributed by atoms with van der Waals surface area (Å²) in [4.78, 5) is 44.9. The molecule has 3 heterocycles.